The molecule has 0 saturated heterocycles. The molecule has 0 bridgehead atoms. The SMILES string of the molecule is Cc1cc2c(cc1NC(=O)c1cccs1)C=CC(C)(CO)O2. The van der Waals surface area contributed by atoms with E-state index >= 15 is 0 Å². The molecule has 4 nitrogen and oxygen atoms in total. The van der Waals surface area contributed by atoms with Gasteiger partial charge in [0.15, 0.2) is 0 Å². The summed E-state index contributed by atoms with van der Waals surface area (Å²) in [7, 11) is 0. The van der Waals surface area contributed by atoms with E-state index in [2.05, 4.69) is 5.32 Å². The molecule has 1 amide bonds. The maximum atomic E-state index is 12.2. The predicted octanol–water partition coefficient (Wildman–Crippen LogP) is 3.47. The Bertz CT molecular complexity index is 737. The third-order valence-corrected chi connectivity index (χ3v) is 4.49. The molecule has 0 saturated carbocycles. The zero-order valence-electron chi connectivity index (χ0n) is 12.4. The smallest absolute Gasteiger partial charge is 0.265 e. The van der Waals surface area contributed by atoms with E-state index in [9.17, 15) is 9.90 Å². The molecule has 2 heterocycles. The fourth-order valence-corrected chi connectivity index (χ4v) is 2.90. The highest BCUT2D eigenvalue weighted by Gasteiger charge is 2.27. The van der Waals surface area contributed by atoms with Gasteiger partial charge in [-0.3, -0.25) is 4.79 Å². The second-order valence-electron chi connectivity index (χ2n) is 5.54. The fraction of sp³-hybridized carbons (Fsp3) is 0.235. The lowest BCUT2D eigenvalue weighted by Gasteiger charge is -2.30. The van der Waals surface area contributed by atoms with Crippen LogP contribution in [0.4, 0.5) is 5.69 Å². The lowest BCUT2D eigenvalue weighted by Crippen LogP contribution is -2.35. The van der Waals surface area contributed by atoms with Gasteiger partial charge in [0.05, 0.1) is 11.5 Å². The van der Waals surface area contributed by atoms with Crippen LogP contribution in [0.25, 0.3) is 6.08 Å². The van der Waals surface area contributed by atoms with E-state index in [1.165, 1.54) is 11.3 Å². The first-order valence-electron chi connectivity index (χ1n) is 6.99. The molecule has 2 aromatic rings. The van der Waals surface area contributed by atoms with Crippen LogP contribution in [-0.2, 0) is 0 Å². The van der Waals surface area contributed by atoms with Crippen molar-refractivity contribution in [2.24, 2.45) is 0 Å². The molecule has 1 unspecified atom stereocenters. The van der Waals surface area contributed by atoms with Crippen molar-refractivity contribution in [2.45, 2.75) is 19.4 Å². The topological polar surface area (TPSA) is 58.6 Å². The summed E-state index contributed by atoms with van der Waals surface area (Å²) in [4.78, 5) is 12.8. The van der Waals surface area contributed by atoms with E-state index in [1.807, 2.05) is 49.6 Å². The summed E-state index contributed by atoms with van der Waals surface area (Å²) in [6, 6.07) is 7.43. The van der Waals surface area contributed by atoms with Gasteiger partial charge < -0.3 is 15.2 Å². The first-order chi connectivity index (χ1) is 10.5. The lowest BCUT2D eigenvalue weighted by atomic mass is 9.99. The minimum absolute atomic E-state index is 0.0845. The lowest BCUT2D eigenvalue weighted by molar-refractivity contribution is 0.0640. The van der Waals surface area contributed by atoms with E-state index in [-0.39, 0.29) is 12.5 Å². The Morgan fingerprint density at radius 3 is 2.95 bits per heavy atom. The highest BCUT2D eigenvalue weighted by molar-refractivity contribution is 7.12. The van der Waals surface area contributed by atoms with Gasteiger partial charge in [-0.1, -0.05) is 12.1 Å². The van der Waals surface area contributed by atoms with Crippen molar-refractivity contribution >= 4 is 29.0 Å². The first-order valence-corrected chi connectivity index (χ1v) is 7.87. The maximum absolute atomic E-state index is 12.2. The Morgan fingerprint density at radius 2 is 2.27 bits per heavy atom. The number of rotatable bonds is 3. The van der Waals surface area contributed by atoms with Crippen molar-refractivity contribution in [1.29, 1.82) is 0 Å². The Balaban J connectivity index is 1.88. The Labute approximate surface area is 133 Å². The highest BCUT2D eigenvalue weighted by Crippen LogP contribution is 2.35. The van der Waals surface area contributed by atoms with E-state index in [0.717, 1.165) is 16.8 Å². The summed E-state index contributed by atoms with van der Waals surface area (Å²) in [5, 5.41) is 14.2. The number of anilines is 1. The van der Waals surface area contributed by atoms with E-state index < -0.39 is 5.60 Å². The third-order valence-electron chi connectivity index (χ3n) is 3.62. The van der Waals surface area contributed by atoms with E-state index in [0.29, 0.717) is 10.6 Å². The molecule has 1 aliphatic heterocycles. The van der Waals surface area contributed by atoms with Crippen molar-refractivity contribution in [2.75, 3.05) is 11.9 Å². The van der Waals surface area contributed by atoms with Gasteiger partial charge in [-0.25, -0.2) is 0 Å². The Morgan fingerprint density at radius 1 is 1.45 bits per heavy atom. The van der Waals surface area contributed by atoms with Gasteiger partial charge in [-0.05, 0) is 49.1 Å². The van der Waals surface area contributed by atoms with Gasteiger partial charge in [0, 0.05) is 11.3 Å². The van der Waals surface area contributed by atoms with Crippen molar-refractivity contribution in [3.63, 3.8) is 0 Å². The van der Waals surface area contributed by atoms with Gasteiger partial charge in [-0.15, -0.1) is 11.3 Å². The summed E-state index contributed by atoms with van der Waals surface area (Å²) in [6.45, 7) is 3.66. The standard InChI is InChI=1S/C17H17NO3S/c1-11-8-14-12(5-6-17(2,10-19)21-14)9-13(11)18-16(20)15-4-3-7-22-15/h3-9,19H,10H2,1-2H3,(H,18,20). The molecule has 22 heavy (non-hydrogen) atoms. The summed E-state index contributed by atoms with van der Waals surface area (Å²) >= 11 is 1.41. The van der Waals surface area contributed by atoms with Crippen LogP contribution in [0, 0.1) is 6.92 Å². The van der Waals surface area contributed by atoms with Crippen LogP contribution in [0.3, 0.4) is 0 Å². The Hall–Kier alpha value is -2.11. The average molecular weight is 315 g/mol. The van der Waals surface area contributed by atoms with Crippen molar-refractivity contribution in [3.05, 3.63) is 51.7 Å². The number of hydrogen-bond donors (Lipinski definition) is 2. The molecule has 3 rings (SSSR count). The van der Waals surface area contributed by atoms with Crippen molar-refractivity contribution in [3.8, 4) is 5.75 Å². The summed E-state index contributed by atoms with van der Waals surface area (Å²) in [6.07, 6.45) is 3.74. The number of aliphatic hydroxyl groups is 1. The van der Waals surface area contributed by atoms with E-state index in [4.69, 9.17) is 4.74 Å². The second kappa shape index (κ2) is 5.59. The second-order valence-corrected chi connectivity index (χ2v) is 6.49. The minimum atomic E-state index is -0.693. The molecule has 0 spiro atoms. The third kappa shape index (κ3) is 2.77. The largest absolute Gasteiger partial charge is 0.480 e. The van der Waals surface area contributed by atoms with Crippen LogP contribution in [0.1, 0.15) is 27.7 Å². The molecule has 2 N–H and O–H groups in total. The maximum Gasteiger partial charge on any atom is 0.265 e. The van der Waals surface area contributed by atoms with Crippen molar-refractivity contribution in [1.82, 2.24) is 0 Å². The molecule has 1 aromatic heterocycles. The van der Waals surface area contributed by atoms with Crippen LogP contribution < -0.4 is 10.1 Å². The number of carbonyl (C=O) groups is 1. The number of nitrogens with one attached hydrogen (secondary N) is 1. The van der Waals surface area contributed by atoms with Crippen LogP contribution in [0.5, 0.6) is 5.75 Å². The number of carbonyl (C=O) groups excluding carboxylic acids is 1. The minimum Gasteiger partial charge on any atom is -0.480 e. The quantitative estimate of drug-likeness (QED) is 0.912. The van der Waals surface area contributed by atoms with Gasteiger partial charge in [0.25, 0.3) is 5.91 Å². The molecule has 5 heteroatoms. The number of fused-ring (bicyclic) bond motifs is 1. The summed E-state index contributed by atoms with van der Waals surface area (Å²) < 4.78 is 5.83. The normalized spacial score (nSPS) is 19.4. The molecular weight excluding hydrogens is 298 g/mol. The first kappa shape index (κ1) is 14.8. The summed E-state index contributed by atoms with van der Waals surface area (Å²) in [5.41, 5.74) is 1.87. The number of aryl methyl sites for hydroxylation is 1. The molecule has 1 aromatic carbocycles. The molecular formula is C17H17NO3S. The van der Waals surface area contributed by atoms with E-state index in [1.54, 1.807) is 6.07 Å². The van der Waals surface area contributed by atoms with Crippen LogP contribution >= 0.6 is 11.3 Å². The zero-order valence-corrected chi connectivity index (χ0v) is 13.2. The molecule has 0 fully saturated rings. The number of thiophene rings is 1. The molecule has 0 aliphatic carbocycles. The number of hydrogen-bond acceptors (Lipinski definition) is 4. The molecule has 1 atom stereocenters. The number of amides is 1. The highest BCUT2D eigenvalue weighted by atomic mass is 32.1. The molecule has 1 aliphatic rings. The number of aliphatic hydroxyl groups excluding tert-OH is 1. The Kier molecular flexibility index (Phi) is 3.76. The molecule has 114 valence electrons. The zero-order chi connectivity index (χ0) is 15.7. The van der Waals surface area contributed by atoms with Gasteiger partial charge in [-0.2, -0.15) is 0 Å². The predicted molar refractivity (Wildman–Crippen MR) is 88.6 cm³/mol. The number of benzene rings is 1. The monoisotopic (exact) mass is 315 g/mol. The average Bonchev–Trinajstić information content (AvgIpc) is 3.03. The van der Waals surface area contributed by atoms with Gasteiger partial charge >= 0.3 is 0 Å². The molecule has 0 radical (unpaired) electrons. The number of ether oxygens (including phenoxy) is 1. The van der Waals surface area contributed by atoms with Crippen LogP contribution in [-0.4, -0.2) is 23.2 Å². The van der Waals surface area contributed by atoms with Crippen LogP contribution in [0.15, 0.2) is 35.7 Å². The van der Waals surface area contributed by atoms with Crippen molar-refractivity contribution < 1.29 is 14.6 Å². The van der Waals surface area contributed by atoms with Gasteiger partial charge in [0.2, 0.25) is 0 Å². The van der Waals surface area contributed by atoms with Crippen LogP contribution in [0.2, 0.25) is 0 Å². The van der Waals surface area contributed by atoms with Gasteiger partial charge in [0.1, 0.15) is 11.4 Å². The fourth-order valence-electron chi connectivity index (χ4n) is 2.28. The summed E-state index contributed by atoms with van der Waals surface area (Å²) in [5.74, 6) is 0.602.